The SMILES string of the molecule is CCN(C)c1cccc(NC(=O)NC2CCCCC2O)c1. The van der Waals surface area contributed by atoms with Gasteiger partial charge in [-0.3, -0.25) is 0 Å². The van der Waals surface area contributed by atoms with Crippen molar-refractivity contribution in [1.29, 1.82) is 0 Å². The molecule has 0 spiro atoms. The van der Waals surface area contributed by atoms with E-state index in [4.69, 9.17) is 0 Å². The first-order valence-corrected chi connectivity index (χ1v) is 7.67. The van der Waals surface area contributed by atoms with Crippen molar-refractivity contribution in [1.82, 2.24) is 5.32 Å². The van der Waals surface area contributed by atoms with Crippen molar-refractivity contribution in [2.45, 2.75) is 44.8 Å². The van der Waals surface area contributed by atoms with Crippen LogP contribution in [0.25, 0.3) is 0 Å². The van der Waals surface area contributed by atoms with Crippen LogP contribution < -0.4 is 15.5 Å². The number of carbonyl (C=O) groups excluding carboxylic acids is 1. The molecular weight excluding hydrogens is 266 g/mol. The van der Waals surface area contributed by atoms with Crippen LogP contribution in [-0.4, -0.2) is 36.9 Å². The van der Waals surface area contributed by atoms with E-state index in [-0.39, 0.29) is 12.1 Å². The second-order valence-corrected chi connectivity index (χ2v) is 5.62. The van der Waals surface area contributed by atoms with Gasteiger partial charge in [0.2, 0.25) is 0 Å². The molecule has 1 saturated carbocycles. The van der Waals surface area contributed by atoms with Gasteiger partial charge in [0.15, 0.2) is 0 Å². The first kappa shape index (κ1) is 15.6. The topological polar surface area (TPSA) is 64.6 Å². The number of hydrogen-bond donors (Lipinski definition) is 3. The summed E-state index contributed by atoms with van der Waals surface area (Å²) in [5.41, 5.74) is 1.82. The maximum Gasteiger partial charge on any atom is 0.319 e. The normalized spacial score (nSPS) is 21.7. The van der Waals surface area contributed by atoms with Gasteiger partial charge in [-0.15, -0.1) is 0 Å². The minimum atomic E-state index is -0.429. The summed E-state index contributed by atoms with van der Waals surface area (Å²) in [7, 11) is 2.01. The smallest absolute Gasteiger partial charge is 0.319 e. The fourth-order valence-corrected chi connectivity index (χ4v) is 2.62. The molecule has 2 atom stereocenters. The second-order valence-electron chi connectivity index (χ2n) is 5.62. The van der Waals surface area contributed by atoms with Crippen molar-refractivity contribution < 1.29 is 9.90 Å². The van der Waals surface area contributed by atoms with E-state index in [2.05, 4.69) is 22.5 Å². The van der Waals surface area contributed by atoms with Crippen LogP contribution in [0.15, 0.2) is 24.3 Å². The molecule has 3 N–H and O–H groups in total. The number of rotatable bonds is 4. The zero-order chi connectivity index (χ0) is 15.2. The van der Waals surface area contributed by atoms with Gasteiger partial charge in [0, 0.05) is 25.0 Å². The van der Waals surface area contributed by atoms with Crippen LogP contribution in [-0.2, 0) is 0 Å². The van der Waals surface area contributed by atoms with Gasteiger partial charge < -0.3 is 20.6 Å². The van der Waals surface area contributed by atoms with Crippen LogP contribution in [0.1, 0.15) is 32.6 Å². The van der Waals surface area contributed by atoms with Gasteiger partial charge in [0.1, 0.15) is 0 Å². The molecule has 0 aliphatic heterocycles. The molecule has 0 bridgehead atoms. The monoisotopic (exact) mass is 291 g/mol. The van der Waals surface area contributed by atoms with Crippen molar-refractivity contribution in [2.75, 3.05) is 23.8 Å². The quantitative estimate of drug-likeness (QED) is 0.799. The zero-order valence-electron chi connectivity index (χ0n) is 12.8. The fraction of sp³-hybridized carbons (Fsp3) is 0.562. The number of amides is 2. The van der Waals surface area contributed by atoms with Crippen LogP contribution in [0, 0.1) is 0 Å². The van der Waals surface area contributed by atoms with Crippen molar-refractivity contribution in [2.24, 2.45) is 0 Å². The average Bonchev–Trinajstić information content (AvgIpc) is 2.49. The lowest BCUT2D eigenvalue weighted by Crippen LogP contribution is -2.46. The highest BCUT2D eigenvalue weighted by atomic mass is 16.3. The Balaban J connectivity index is 1.93. The van der Waals surface area contributed by atoms with Crippen LogP contribution in [0.4, 0.5) is 16.2 Å². The van der Waals surface area contributed by atoms with Gasteiger partial charge in [-0.25, -0.2) is 4.79 Å². The molecule has 1 aromatic carbocycles. The molecule has 0 saturated heterocycles. The third kappa shape index (κ3) is 4.36. The van der Waals surface area contributed by atoms with Crippen molar-refractivity contribution in [3.05, 3.63) is 24.3 Å². The Morgan fingerprint density at radius 3 is 2.86 bits per heavy atom. The van der Waals surface area contributed by atoms with Gasteiger partial charge in [0.05, 0.1) is 12.1 Å². The van der Waals surface area contributed by atoms with E-state index in [9.17, 15) is 9.90 Å². The fourth-order valence-electron chi connectivity index (χ4n) is 2.62. The molecule has 21 heavy (non-hydrogen) atoms. The predicted octanol–water partition coefficient (Wildman–Crippen LogP) is 2.57. The molecule has 0 radical (unpaired) electrons. The number of hydrogen-bond acceptors (Lipinski definition) is 3. The highest BCUT2D eigenvalue weighted by Gasteiger charge is 2.24. The lowest BCUT2D eigenvalue weighted by molar-refractivity contribution is 0.0955. The molecule has 1 aromatic rings. The summed E-state index contributed by atoms with van der Waals surface area (Å²) in [6.07, 6.45) is 3.27. The van der Waals surface area contributed by atoms with Crippen LogP contribution >= 0.6 is 0 Å². The minimum absolute atomic E-state index is 0.139. The Labute approximate surface area is 126 Å². The minimum Gasteiger partial charge on any atom is -0.391 e. The third-order valence-corrected chi connectivity index (χ3v) is 4.07. The predicted molar refractivity (Wildman–Crippen MR) is 85.8 cm³/mol. The highest BCUT2D eigenvalue weighted by molar-refractivity contribution is 5.90. The Kier molecular flexibility index (Phi) is 5.44. The van der Waals surface area contributed by atoms with E-state index in [0.717, 1.165) is 43.6 Å². The van der Waals surface area contributed by atoms with Crippen LogP contribution in [0.2, 0.25) is 0 Å². The first-order valence-electron chi connectivity index (χ1n) is 7.67. The molecule has 0 aromatic heterocycles. The Bertz CT molecular complexity index is 478. The summed E-state index contributed by atoms with van der Waals surface area (Å²) in [5, 5.41) is 15.6. The molecular formula is C16H25N3O2. The molecule has 5 heteroatoms. The molecule has 116 valence electrons. The average molecular weight is 291 g/mol. The third-order valence-electron chi connectivity index (χ3n) is 4.07. The van der Waals surface area contributed by atoms with Crippen molar-refractivity contribution in [3.63, 3.8) is 0 Å². The summed E-state index contributed by atoms with van der Waals surface area (Å²) in [6.45, 7) is 2.99. The number of nitrogens with one attached hydrogen (secondary N) is 2. The lowest BCUT2D eigenvalue weighted by Gasteiger charge is -2.28. The Morgan fingerprint density at radius 1 is 1.38 bits per heavy atom. The van der Waals surface area contributed by atoms with E-state index >= 15 is 0 Å². The number of benzene rings is 1. The maximum atomic E-state index is 12.0. The molecule has 2 amide bonds. The van der Waals surface area contributed by atoms with E-state index < -0.39 is 6.10 Å². The maximum absolute atomic E-state index is 12.0. The number of nitrogens with zero attached hydrogens (tertiary/aromatic N) is 1. The van der Waals surface area contributed by atoms with Gasteiger partial charge in [0.25, 0.3) is 0 Å². The largest absolute Gasteiger partial charge is 0.391 e. The van der Waals surface area contributed by atoms with Gasteiger partial charge in [-0.05, 0) is 38.0 Å². The number of anilines is 2. The number of carbonyl (C=O) groups is 1. The summed E-state index contributed by atoms with van der Waals surface area (Å²) in [6, 6.07) is 7.35. The standard InChI is InChI=1S/C16H25N3O2/c1-3-19(2)13-8-6-7-12(11-13)17-16(21)18-14-9-4-5-10-15(14)20/h6-8,11,14-15,20H,3-5,9-10H2,1-2H3,(H2,17,18,21). The number of urea groups is 1. The van der Waals surface area contributed by atoms with Gasteiger partial charge in [-0.2, -0.15) is 0 Å². The molecule has 1 fully saturated rings. The first-order chi connectivity index (χ1) is 10.1. The number of aliphatic hydroxyl groups is 1. The summed E-state index contributed by atoms with van der Waals surface area (Å²) < 4.78 is 0. The molecule has 1 aliphatic carbocycles. The van der Waals surface area contributed by atoms with Crippen molar-refractivity contribution in [3.8, 4) is 0 Å². The Hall–Kier alpha value is -1.75. The molecule has 0 heterocycles. The van der Waals surface area contributed by atoms with Crippen LogP contribution in [0.3, 0.4) is 0 Å². The van der Waals surface area contributed by atoms with E-state index in [1.54, 1.807) is 0 Å². The summed E-state index contributed by atoms with van der Waals surface area (Å²) in [4.78, 5) is 14.1. The van der Waals surface area contributed by atoms with Gasteiger partial charge >= 0.3 is 6.03 Å². The molecule has 5 nitrogen and oxygen atoms in total. The number of aliphatic hydroxyl groups excluding tert-OH is 1. The van der Waals surface area contributed by atoms with Gasteiger partial charge in [-0.1, -0.05) is 18.9 Å². The van der Waals surface area contributed by atoms with E-state index in [1.165, 1.54) is 0 Å². The molecule has 2 unspecified atom stereocenters. The molecule has 1 aliphatic rings. The Morgan fingerprint density at radius 2 is 2.14 bits per heavy atom. The lowest BCUT2D eigenvalue weighted by atomic mass is 9.93. The van der Waals surface area contributed by atoms with E-state index in [1.807, 2.05) is 31.3 Å². The van der Waals surface area contributed by atoms with Crippen molar-refractivity contribution >= 4 is 17.4 Å². The highest BCUT2D eigenvalue weighted by Crippen LogP contribution is 2.20. The van der Waals surface area contributed by atoms with E-state index in [0.29, 0.717) is 0 Å². The summed E-state index contributed by atoms with van der Waals surface area (Å²) >= 11 is 0. The van der Waals surface area contributed by atoms with Crippen LogP contribution in [0.5, 0.6) is 0 Å². The molecule has 2 rings (SSSR count). The summed E-state index contributed by atoms with van der Waals surface area (Å²) in [5.74, 6) is 0. The zero-order valence-corrected chi connectivity index (χ0v) is 12.8. The second kappa shape index (κ2) is 7.31.